The quantitative estimate of drug-likeness (QED) is 0.670. The Morgan fingerprint density at radius 1 is 1.07 bits per heavy atom. The molecule has 150 valence electrons. The van der Waals surface area contributed by atoms with Crippen LogP contribution in [-0.4, -0.2) is 50.1 Å². The molecule has 7 heteroatoms. The Balaban J connectivity index is 1.40. The van der Waals surface area contributed by atoms with E-state index in [9.17, 15) is 4.79 Å². The van der Waals surface area contributed by atoms with E-state index >= 15 is 0 Å². The zero-order valence-electron chi connectivity index (χ0n) is 16.4. The molecule has 4 rings (SSSR count). The number of benzene rings is 2. The van der Waals surface area contributed by atoms with Crippen molar-refractivity contribution in [3.63, 3.8) is 0 Å². The van der Waals surface area contributed by atoms with Gasteiger partial charge in [-0.05, 0) is 40.9 Å². The van der Waals surface area contributed by atoms with E-state index in [1.54, 1.807) is 4.68 Å². The average Bonchev–Trinajstić information content (AvgIpc) is 3.28. The summed E-state index contributed by atoms with van der Waals surface area (Å²) in [6.45, 7) is 2.82. The summed E-state index contributed by atoms with van der Waals surface area (Å²) in [5, 5.41) is 14.7. The van der Waals surface area contributed by atoms with Gasteiger partial charge in [-0.2, -0.15) is 0 Å². The molecule has 3 aromatic rings. The summed E-state index contributed by atoms with van der Waals surface area (Å²) < 4.78 is 1.55. The Morgan fingerprint density at radius 2 is 1.79 bits per heavy atom. The number of hydrogen-bond donors (Lipinski definition) is 1. The summed E-state index contributed by atoms with van der Waals surface area (Å²) in [7, 11) is 0. The number of amides is 1. The first-order chi connectivity index (χ1) is 14.3. The van der Waals surface area contributed by atoms with Crippen LogP contribution in [0.15, 0.2) is 67.0 Å². The van der Waals surface area contributed by atoms with Gasteiger partial charge in [0.15, 0.2) is 0 Å². The highest BCUT2D eigenvalue weighted by Gasteiger charge is 2.27. The maximum Gasteiger partial charge on any atom is 0.245 e. The average molecular weight is 390 g/mol. The Bertz CT molecular complexity index is 884. The van der Waals surface area contributed by atoms with E-state index in [2.05, 4.69) is 50.0 Å². The Morgan fingerprint density at radius 3 is 2.48 bits per heavy atom. The number of tetrazole rings is 1. The smallest absolute Gasteiger partial charge is 0.245 e. The molecule has 1 N–H and O–H groups in total. The van der Waals surface area contributed by atoms with Crippen molar-refractivity contribution < 1.29 is 4.79 Å². The summed E-state index contributed by atoms with van der Waals surface area (Å²) in [4.78, 5) is 15.5. The molecule has 7 nitrogen and oxygen atoms in total. The van der Waals surface area contributed by atoms with E-state index < -0.39 is 6.04 Å². The molecule has 0 spiro atoms. The minimum atomic E-state index is -0.461. The molecule has 1 aliphatic rings. The van der Waals surface area contributed by atoms with Gasteiger partial charge in [-0.25, -0.2) is 4.68 Å². The maximum absolute atomic E-state index is 13.1. The number of carbonyl (C=O) groups is 1. The molecule has 1 aliphatic heterocycles. The standard InChI is InChI=1S/C22H26N6O/c29-22(21(28-17-23-25-26-28)14-18-8-3-1-4-9-18)24-20-12-7-13-27(16-20)15-19-10-5-2-6-11-19/h1-6,8-11,17,20-21H,7,12-16H2,(H,24,29)/t20-,21+/m0/s1. The van der Waals surface area contributed by atoms with Crippen LogP contribution in [0.5, 0.6) is 0 Å². The highest BCUT2D eigenvalue weighted by Crippen LogP contribution is 2.17. The summed E-state index contributed by atoms with van der Waals surface area (Å²) in [5.41, 5.74) is 2.38. The largest absolute Gasteiger partial charge is 0.350 e. The van der Waals surface area contributed by atoms with Crippen molar-refractivity contribution in [2.75, 3.05) is 13.1 Å². The highest BCUT2D eigenvalue weighted by molar-refractivity contribution is 5.80. The van der Waals surface area contributed by atoms with E-state index in [1.165, 1.54) is 11.9 Å². The Hall–Kier alpha value is -3.06. The van der Waals surface area contributed by atoms with Gasteiger partial charge < -0.3 is 5.32 Å². The fraction of sp³-hybridized carbons (Fsp3) is 0.364. The SMILES string of the molecule is O=C(N[C@H]1CCCN(Cc2ccccc2)C1)[C@@H](Cc1ccccc1)n1cnnn1. The molecule has 0 unspecified atom stereocenters. The van der Waals surface area contributed by atoms with Gasteiger partial charge in [-0.3, -0.25) is 9.69 Å². The predicted molar refractivity (Wildman–Crippen MR) is 110 cm³/mol. The number of rotatable bonds is 7. The van der Waals surface area contributed by atoms with Crippen LogP contribution < -0.4 is 5.32 Å². The van der Waals surface area contributed by atoms with Gasteiger partial charge in [0.1, 0.15) is 12.4 Å². The molecule has 1 amide bonds. The minimum absolute atomic E-state index is 0.0345. The number of piperidine rings is 1. The molecule has 0 radical (unpaired) electrons. The van der Waals surface area contributed by atoms with Gasteiger partial charge in [-0.15, -0.1) is 5.10 Å². The van der Waals surface area contributed by atoms with Gasteiger partial charge >= 0.3 is 0 Å². The van der Waals surface area contributed by atoms with Crippen LogP contribution in [0.25, 0.3) is 0 Å². The summed E-state index contributed by atoms with van der Waals surface area (Å²) in [6, 6.07) is 20.1. The molecule has 0 saturated carbocycles. The van der Waals surface area contributed by atoms with E-state index in [0.717, 1.165) is 38.0 Å². The van der Waals surface area contributed by atoms with E-state index in [-0.39, 0.29) is 11.9 Å². The van der Waals surface area contributed by atoms with Crippen molar-refractivity contribution >= 4 is 5.91 Å². The predicted octanol–water partition coefficient (Wildman–Crippen LogP) is 2.24. The first-order valence-electron chi connectivity index (χ1n) is 10.1. The van der Waals surface area contributed by atoms with Crippen molar-refractivity contribution in [1.29, 1.82) is 0 Å². The van der Waals surface area contributed by atoms with Crippen LogP contribution >= 0.6 is 0 Å². The van der Waals surface area contributed by atoms with Crippen LogP contribution in [0, 0.1) is 0 Å². The molecular weight excluding hydrogens is 364 g/mol. The molecular formula is C22H26N6O. The van der Waals surface area contributed by atoms with Crippen LogP contribution in [0.3, 0.4) is 0 Å². The fourth-order valence-corrected chi connectivity index (χ4v) is 3.91. The maximum atomic E-state index is 13.1. The zero-order chi connectivity index (χ0) is 19.9. The van der Waals surface area contributed by atoms with E-state index in [4.69, 9.17) is 0 Å². The lowest BCUT2D eigenvalue weighted by Crippen LogP contribution is -2.49. The molecule has 1 aromatic heterocycles. The van der Waals surface area contributed by atoms with Gasteiger partial charge in [0, 0.05) is 25.6 Å². The third-order valence-corrected chi connectivity index (χ3v) is 5.36. The van der Waals surface area contributed by atoms with Crippen LogP contribution in [0.4, 0.5) is 0 Å². The van der Waals surface area contributed by atoms with Crippen molar-refractivity contribution in [1.82, 2.24) is 30.4 Å². The van der Waals surface area contributed by atoms with Gasteiger partial charge in [0.25, 0.3) is 0 Å². The molecule has 0 aliphatic carbocycles. The second kappa shape index (κ2) is 9.43. The lowest BCUT2D eigenvalue weighted by atomic mass is 10.0. The summed E-state index contributed by atoms with van der Waals surface area (Å²) in [6.07, 6.45) is 4.13. The number of likely N-dealkylation sites (tertiary alicyclic amines) is 1. The van der Waals surface area contributed by atoms with E-state index in [0.29, 0.717) is 6.42 Å². The van der Waals surface area contributed by atoms with Crippen LogP contribution in [0.2, 0.25) is 0 Å². The second-order valence-corrected chi connectivity index (χ2v) is 7.56. The van der Waals surface area contributed by atoms with Crippen molar-refractivity contribution in [3.05, 3.63) is 78.1 Å². The van der Waals surface area contributed by atoms with Crippen LogP contribution in [-0.2, 0) is 17.8 Å². The Kier molecular flexibility index (Phi) is 6.26. The molecule has 29 heavy (non-hydrogen) atoms. The molecule has 2 heterocycles. The van der Waals surface area contributed by atoms with Crippen molar-refractivity contribution in [2.24, 2.45) is 0 Å². The second-order valence-electron chi connectivity index (χ2n) is 7.56. The van der Waals surface area contributed by atoms with Gasteiger partial charge in [0.05, 0.1) is 0 Å². The molecule has 1 fully saturated rings. The number of nitrogens with one attached hydrogen (secondary N) is 1. The first-order valence-corrected chi connectivity index (χ1v) is 10.1. The molecule has 2 aromatic carbocycles. The fourth-order valence-electron chi connectivity index (χ4n) is 3.91. The molecule has 1 saturated heterocycles. The number of aromatic nitrogens is 4. The lowest BCUT2D eigenvalue weighted by molar-refractivity contribution is -0.125. The summed E-state index contributed by atoms with van der Waals surface area (Å²) >= 11 is 0. The highest BCUT2D eigenvalue weighted by atomic mass is 16.2. The molecule has 0 bridgehead atoms. The number of nitrogens with zero attached hydrogens (tertiary/aromatic N) is 5. The van der Waals surface area contributed by atoms with Gasteiger partial charge in [0.2, 0.25) is 5.91 Å². The number of hydrogen-bond acceptors (Lipinski definition) is 5. The van der Waals surface area contributed by atoms with Crippen molar-refractivity contribution in [2.45, 2.75) is 37.9 Å². The van der Waals surface area contributed by atoms with Gasteiger partial charge in [-0.1, -0.05) is 60.7 Å². The minimum Gasteiger partial charge on any atom is -0.350 e. The Labute approximate surface area is 170 Å². The zero-order valence-corrected chi connectivity index (χ0v) is 16.4. The lowest BCUT2D eigenvalue weighted by Gasteiger charge is -2.34. The monoisotopic (exact) mass is 390 g/mol. The normalized spacial score (nSPS) is 18.3. The van der Waals surface area contributed by atoms with Crippen LogP contribution in [0.1, 0.15) is 30.0 Å². The van der Waals surface area contributed by atoms with E-state index in [1.807, 2.05) is 36.4 Å². The third kappa shape index (κ3) is 5.26. The summed E-state index contributed by atoms with van der Waals surface area (Å²) in [5.74, 6) is -0.0345. The topological polar surface area (TPSA) is 75.9 Å². The molecule has 2 atom stereocenters. The number of carbonyl (C=O) groups excluding carboxylic acids is 1. The van der Waals surface area contributed by atoms with Crippen molar-refractivity contribution in [3.8, 4) is 0 Å². The third-order valence-electron chi connectivity index (χ3n) is 5.36. The first kappa shape index (κ1) is 19.3.